The van der Waals surface area contributed by atoms with Crippen LogP contribution in [0.3, 0.4) is 0 Å². The van der Waals surface area contributed by atoms with Crippen LogP contribution in [-0.2, 0) is 0 Å². The van der Waals surface area contributed by atoms with Gasteiger partial charge in [-0.25, -0.2) is 0 Å². The first kappa shape index (κ1) is 14.2. The fourth-order valence-corrected chi connectivity index (χ4v) is 3.34. The number of nitrogens with one attached hydrogen (secondary N) is 1. The lowest BCUT2D eigenvalue weighted by molar-refractivity contribution is 0.384. The molecule has 2 atom stereocenters. The van der Waals surface area contributed by atoms with Crippen molar-refractivity contribution in [3.05, 3.63) is 48.0 Å². The number of para-hydroxylation sites is 1. The van der Waals surface area contributed by atoms with E-state index in [1.54, 1.807) is 0 Å². The fraction of sp³-hybridized carbons (Fsp3) is 0.368. The van der Waals surface area contributed by atoms with Gasteiger partial charge in [-0.15, -0.1) is 0 Å². The summed E-state index contributed by atoms with van der Waals surface area (Å²) in [4.78, 5) is 0. The van der Waals surface area contributed by atoms with Gasteiger partial charge < -0.3 is 9.73 Å². The van der Waals surface area contributed by atoms with Crippen molar-refractivity contribution >= 4 is 21.9 Å². The standard InChI is InChI=1S/C19H23NO/c1-4-7-13(2)19(20-3)14-10-11-18-16(12-14)15-8-5-6-9-17(15)21-18/h5-6,8-13,19-20H,4,7H2,1-3H3. The van der Waals surface area contributed by atoms with Crippen LogP contribution in [0.25, 0.3) is 21.9 Å². The highest BCUT2D eigenvalue weighted by Gasteiger charge is 2.18. The van der Waals surface area contributed by atoms with Crippen molar-refractivity contribution in [3.8, 4) is 0 Å². The molecule has 0 saturated heterocycles. The first-order valence-corrected chi connectivity index (χ1v) is 7.83. The van der Waals surface area contributed by atoms with Crippen molar-refractivity contribution < 1.29 is 4.42 Å². The maximum atomic E-state index is 5.91. The Balaban J connectivity index is 2.08. The van der Waals surface area contributed by atoms with Gasteiger partial charge in [0.1, 0.15) is 11.2 Å². The molecule has 3 aromatic rings. The molecule has 0 bridgehead atoms. The minimum Gasteiger partial charge on any atom is -0.456 e. The van der Waals surface area contributed by atoms with Crippen molar-refractivity contribution in [2.24, 2.45) is 5.92 Å². The van der Waals surface area contributed by atoms with E-state index in [1.807, 2.05) is 12.1 Å². The van der Waals surface area contributed by atoms with Gasteiger partial charge in [-0.2, -0.15) is 0 Å². The van der Waals surface area contributed by atoms with Gasteiger partial charge in [0.25, 0.3) is 0 Å². The Hall–Kier alpha value is -1.80. The summed E-state index contributed by atoms with van der Waals surface area (Å²) in [5, 5.41) is 5.89. The molecule has 2 heteroatoms. The van der Waals surface area contributed by atoms with Crippen LogP contribution in [-0.4, -0.2) is 7.05 Å². The van der Waals surface area contributed by atoms with Gasteiger partial charge in [-0.3, -0.25) is 0 Å². The van der Waals surface area contributed by atoms with E-state index in [9.17, 15) is 0 Å². The first-order valence-electron chi connectivity index (χ1n) is 7.83. The van der Waals surface area contributed by atoms with Gasteiger partial charge in [0.15, 0.2) is 0 Å². The molecular formula is C19H23NO. The smallest absolute Gasteiger partial charge is 0.135 e. The van der Waals surface area contributed by atoms with Crippen molar-refractivity contribution in [2.75, 3.05) is 7.05 Å². The zero-order valence-electron chi connectivity index (χ0n) is 13.0. The fourth-order valence-electron chi connectivity index (χ4n) is 3.34. The van der Waals surface area contributed by atoms with Gasteiger partial charge in [-0.1, -0.05) is 44.5 Å². The Bertz CT molecular complexity index is 743. The van der Waals surface area contributed by atoms with Crippen LogP contribution in [0.4, 0.5) is 0 Å². The van der Waals surface area contributed by atoms with E-state index < -0.39 is 0 Å². The zero-order chi connectivity index (χ0) is 14.8. The van der Waals surface area contributed by atoms with Crippen molar-refractivity contribution in [1.29, 1.82) is 0 Å². The third-order valence-electron chi connectivity index (χ3n) is 4.38. The van der Waals surface area contributed by atoms with E-state index in [4.69, 9.17) is 4.42 Å². The molecule has 2 nitrogen and oxygen atoms in total. The Kier molecular flexibility index (Phi) is 3.98. The Morgan fingerprint density at radius 1 is 1.05 bits per heavy atom. The molecule has 0 aliphatic carbocycles. The third kappa shape index (κ3) is 2.56. The molecule has 110 valence electrons. The van der Waals surface area contributed by atoms with Gasteiger partial charge in [0, 0.05) is 16.8 Å². The number of benzene rings is 2. The van der Waals surface area contributed by atoms with Gasteiger partial charge in [0.2, 0.25) is 0 Å². The van der Waals surface area contributed by atoms with Gasteiger partial charge in [0.05, 0.1) is 0 Å². The van der Waals surface area contributed by atoms with Crippen molar-refractivity contribution in [3.63, 3.8) is 0 Å². The second-order valence-corrected chi connectivity index (χ2v) is 5.89. The highest BCUT2D eigenvalue weighted by atomic mass is 16.3. The molecule has 0 radical (unpaired) electrons. The van der Waals surface area contributed by atoms with Crippen LogP contribution in [0.2, 0.25) is 0 Å². The molecule has 0 amide bonds. The summed E-state index contributed by atoms with van der Waals surface area (Å²) in [6.45, 7) is 4.57. The lowest BCUT2D eigenvalue weighted by atomic mass is 9.90. The molecule has 0 saturated carbocycles. The topological polar surface area (TPSA) is 25.2 Å². The molecule has 0 aliphatic heterocycles. The van der Waals surface area contributed by atoms with Crippen LogP contribution >= 0.6 is 0 Å². The van der Waals surface area contributed by atoms with Crippen molar-refractivity contribution in [1.82, 2.24) is 5.32 Å². The van der Waals surface area contributed by atoms with E-state index in [-0.39, 0.29) is 0 Å². The molecule has 3 rings (SSSR count). The number of fused-ring (bicyclic) bond motifs is 3. The number of rotatable bonds is 5. The Morgan fingerprint density at radius 3 is 2.57 bits per heavy atom. The summed E-state index contributed by atoms with van der Waals surface area (Å²) < 4.78 is 5.91. The van der Waals surface area contributed by atoms with Crippen LogP contribution < -0.4 is 5.32 Å². The Morgan fingerprint density at radius 2 is 1.81 bits per heavy atom. The van der Waals surface area contributed by atoms with Gasteiger partial charge in [-0.05, 0) is 43.1 Å². The lowest BCUT2D eigenvalue weighted by Crippen LogP contribution is -2.23. The summed E-state index contributed by atoms with van der Waals surface area (Å²) in [6, 6.07) is 15.2. The first-order chi connectivity index (χ1) is 10.2. The maximum absolute atomic E-state index is 5.91. The number of hydrogen-bond acceptors (Lipinski definition) is 2. The van der Waals surface area contributed by atoms with E-state index in [2.05, 4.69) is 56.5 Å². The predicted molar refractivity (Wildman–Crippen MR) is 89.6 cm³/mol. The molecule has 1 N–H and O–H groups in total. The number of hydrogen-bond donors (Lipinski definition) is 1. The largest absolute Gasteiger partial charge is 0.456 e. The molecular weight excluding hydrogens is 258 g/mol. The van der Waals surface area contributed by atoms with Crippen LogP contribution in [0, 0.1) is 5.92 Å². The summed E-state index contributed by atoms with van der Waals surface area (Å²) in [6.07, 6.45) is 2.45. The van der Waals surface area contributed by atoms with Crippen LogP contribution in [0.15, 0.2) is 46.9 Å². The number of furan rings is 1. The van der Waals surface area contributed by atoms with E-state index in [1.165, 1.54) is 29.2 Å². The van der Waals surface area contributed by atoms with Gasteiger partial charge >= 0.3 is 0 Å². The molecule has 0 aliphatic rings. The molecule has 0 fully saturated rings. The highest BCUT2D eigenvalue weighted by Crippen LogP contribution is 2.33. The second kappa shape index (κ2) is 5.90. The van der Waals surface area contributed by atoms with Crippen molar-refractivity contribution in [2.45, 2.75) is 32.7 Å². The van der Waals surface area contributed by atoms with Crippen LogP contribution in [0.5, 0.6) is 0 Å². The van der Waals surface area contributed by atoms with E-state index >= 15 is 0 Å². The molecule has 2 unspecified atom stereocenters. The molecule has 0 spiro atoms. The SMILES string of the molecule is CCCC(C)C(NC)c1ccc2oc3ccccc3c2c1. The summed E-state index contributed by atoms with van der Waals surface area (Å²) >= 11 is 0. The van der Waals surface area contributed by atoms with E-state index in [0.29, 0.717) is 12.0 Å². The maximum Gasteiger partial charge on any atom is 0.135 e. The van der Waals surface area contributed by atoms with E-state index in [0.717, 1.165) is 11.2 Å². The Labute approximate surface area is 126 Å². The molecule has 2 aromatic carbocycles. The van der Waals surface area contributed by atoms with Crippen LogP contribution in [0.1, 0.15) is 38.3 Å². The quantitative estimate of drug-likeness (QED) is 0.688. The average molecular weight is 281 g/mol. The lowest BCUT2D eigenvalue weighted by Gasteiger charge is -2.23. The second-order valence-electron chi connectivity index (χ2n) is 5.89. The molecule has 1 heterocycles. The molecule has 1 aromatic heterocycles. The monoisotopic (exact) mass is 281 g/mol. The summed E-state index contributed by atoms with van der Waals surface area (Å²) in [5.41, 5.74) is 3.28. The third-order valence-corrected chi connectivity index (χ3v) is 4.38. The minimum atomic E-state index is 0.392. The summed E-state index contributed by atoms with van der Waals surface area (Å²) in [7, 11) is 2.05. The average Bonchev–Trinajstić information content (AvgIpc) is 2.86. The molecule has 21 heavy (non-hydrogen) atoms. The normalized spacial score (nSPS) is 14.6. The summed E-state index contributed by atoms with van der Waals surface area (Å²) in [5.74, 6) is 0.621. The highest BCUT2D eigenvalue weighted by molar-refractivity contribution is 6.05. The predicted octanol–water partition coefficient (Wildman–Crippen LogP) is 5.28. The zero-order valence-corrected chi connectivity index (χ0v) is 13.0. The minimum absolute atomic E-state index is 0.392.